The Hall–Kier alpha value is -2.45. The maximum Gasteiger partial charge on any atom is 0.338 e. The lowest BCUT2D eigenvalue weighted by molar-refractivity contribution is -0.119. The molecule has 1 amide bonds. The molecule has 1 heterocycles. The molecule has 0 fully saturated rings. The summed E-state index contributed by atoms with van der Waals surface area (Å²) in [6.07, 6.45) is 0. The molecule has 0 saturated carbocycles. The van der Waals surface area contributed by atoms with Gasteiger partial charge in [-0.3, -0.25) is 4.79 Å². The number of ether oxygens (including phenoxy) is 3. The molecule has 2 aromatic carbocycles. The Labute approximate surface area is 162 Å². The van der Waals surface area contributed by atoms with Crippen LogP contribution in [0.5, 0.6) is 11.5 Å². The Morgan fingerprint density at radius 3 is 2.58 bits per heavy atom. The number of nitrogen functional groups attached to an aromatic ring is 1. The van der Waals surface area contributed by atoms with E-state index in [9.17, 15) is 9.59 Å². The third kappa shape index (κ3) is 4.20. The van der Waals surface area contributed by atoms with Crippen molar-refractivity contribution >= 4 is 50.8 Å². The zero-order valence-corrected chi connectivity index (χ0v) is 15.7. The third-order valence-electron chi connectivity index (χ3n) is 3.47. The van der Waals surface area contributed by atoms with Crippen molar-refractivity contribution in [3.8, 4) is 11.5 Å². The first-order chi connectivity index (χ1) is 12.4. The van der Waals surface area contributed by atoms with Gasteiger partial charge in [-0.2, -0.15) is 0 Å². The summed E-state index contributed by atoms with van der Waals surface area (Å²) in [5.41, 5.74) is 6.58. The van der Waals surface area contributed by atoms with Gasteiger partial charge in [-0.05, 0) is 34.1 Å². The SMILES string of the molecule is Nc1cc(C(=O)OCC(=O)Nc2cc3c(cc2Br)OCCO3)ccc1Cl. The number of esters is 1. The highest BCUT2D eigenvalue weighted by atomic mass is 79.9. The van der Waals surface area contributed by atoms with Gasteiger partial charge in [-0.25, -0.2) is 4.79 Å². The zero-order chi connectivity index (χ0) is 18.7. The molecule has 7 nitrogen and oxygen atoms in total. The quantitative estimate of drug-likeness (QED) is 0.558. The second-order valence-corrected chi connectivity index (χ2v) is 6.60. The predicted molar refractivity (Wildman–Crippen MR) is 99.9 cm³/mol. The summed E-state index contributed by atoms with van der Waals surface area (Å²) in [6, 6.07) is 7.68. The molecule has 0 bridgehead atoms. The van der Waals surface area contributed by atoms with Gasteiger partial charge in [0.25, 0.3) is 5.91 Å². The highest BCUT2D eigenvalue weighted by Crippen LogP contribution is 2.38. The first-order valence-electron chi connectivity index (χ1n) is 7.55. The van der Waals surface area contributed by atoms with Gasteiger partial charge in [0.15, 0.2) is 18.1 Å². The van der Waals surface area contributed by atoms with Crippen LogP contribution in [-0.4, -0.2) is 31.7 Å². The fourth-order valence-electron chi connectivity index (χ4n) is 2.23. The maximum absolute atomic E-state index is 12.1. The lowest BCUT2D eigenvalue weighted by atomic mass is 10.2. The van der Waals surface area contributed by atoms with E-state index in [1.807, 2.05) is 0 Å². The van der Waals surface area contributed by atoms with Crippen molar-refractivity contribution in [2.24, 2.45) is 0 Å². The van der Waals surface area contributed by atoms with Crippen molar-refractivity contribution in [2.75, 3.05) is 30.9 Å². The predicted octanol–water partition coefficient (Wildman–Crippen LogP) is 3.25. The minimum Gasteiger partial charge on any atom is -0.486 e. The van der Waals surface area contributed by atoms with Crippen molar-refractivity contribution in [3.05, 3.63) is 45.4 Å². The highest BCUT2D eigenvalue weighted by molar-refractivity contribution is 9.10. The molecule has 136 valence electrons. The highest BCUT2D eigenvalue weighted by Gasteiger charge is 2.17. The number of carbonyl (C=O) groups is 2. The van der Waals surface area contributed by atoms with Gasteiger partial charge in [0.1, 0.15) is 13.2 Å². The van der Waals surface area contributed by atoms with Crippen molar-refractivity contribution in [1.29, 1.82) is 0 Å². The molecule has 26 heavy (non-hydrogen) atoms. The first-order valence-corrected chi connectivity index (χ1v) is 8.72. The van der Waals surface area contributed by atoms with Crippen LogP contribution in [0, 0.1) is 0 Å². The maximum atomic E-state index is 12.1. The molecule has 3 rings (SSSR count). The van der Waals surface area contributed by atoms with E-state index < -0.39 is 18.5 Å². The smallest absolute Gasteiger partial charge is 0.338 e. The lowest BCUT2D eigenvalue weighted by Gasteiger charge is -2.20. The van der Waals surface area contributed by atoms with Crippen LogP contribution >= 0.6 is 27.5 Å². The van der Waals surface area contributed by atoms with E-state index >= 15 is 0 Å². The van der Waals surface area contributed by atoms with Crippen molar-refractivity contribution in [3.63, 3.8) is 0 Å². The van der Waals surface area contributed by atoms with E-state index in [4.69, 9.17) is 31.5 Å². The number of rotatable bonds is 4. The van der Waals surface area contributed by atoms with Crippen LogP contribution < -0.4 is 20.5 Å². The van der Waals surface area contributed by atoms with Crippen LogP contribution in [0.2, 0.25) is 5.02 Å². The van der Waals surface area contributed by atoms with Gasteiger partial charge in [-0.15, -0.1) is 0 Å². The number of nitrogens with two attached hydrogens (primary N) is 1. The molecule has 0 unspecified atom stereocenters. The Balaban J connectivity index is 1.60. The van der Waals surface area contributed by atoms with Crippen LogP contribution in [0.3, 0.4) is 0 Å². The summed E-state index contributed by atoms with van der Waals surface area (Å²) in [5, 5.41) is 2.98. The second kappa shape index (κ2) is 7.84. The molecule has 1 aliphatic heterocycles. The number of carbonyl (C=O) groups excluding carboxylic acids is 2. The van der Waals surface area contributed by atoms with E-state index in [2.05, 4.69) is 21.2 Å². The van der Waals surface area contributed by atoms with Crippen LogP contribution in [0.1, 0.15) is 10.4 Å². The molecule has 1 aliphatic rings. The third-order valence-corrected chi connectivity index (χ3v) is 4.47. The normalized spacial score (nSPS) is 12.4. The number of halogens is 2. The summed E-state index contributed by atoms with van der Waals surface area (Å²) in [4.78, 5) is 24.0. The van der Waals surface area contributed by atoms with Gasteiger partial charge in [0.05, 0.1) is 22.0 Å². The molecule has 0 radical (unpaired) electrons. The summed E-state index contributed by atoms with van der Waals surface area (Å²) in [7, 11) is 0. The van der Waals surface area contributed by atoms with Crippen molar-refractivity contribution < 1.29 is 23.8 Å². The first kappa shape index (κ1) is 18.3. The average molecular weight is 442 g/mol. The van der Waals surface area contributed by atoms with Crippen LogP contribution in [0.4, 0.5) is 11.4 Å². The standard InChI is InChI=1S/C17H14BrClN2O5/c18-10-6-14-15(25-4-3-24-14)7-13(10)21-16(22)8-26-17(23)9-1-2-11(19)12(20)5-9/h1-2,5-7H,3-4,8,20H2,(H,21,22). The summed E-state index contributed by atoms with van der Waals surface area (Å²) in [6.45, 7) is 0.447. The zero-order valence-electron chi connectivity index (χ0n) is 13.4. The Kier molecular flexibility index (Phi) is 5.53. The molecule has 2 aromatic rings. The lowest BCUT2D eigenvalue weighted by Crippen LogP contribution is -2.21. The number of hydrogen-bond acceptors (Lipinski definition) is 6. The molecule has 0 atom stereocenters. The van der Waals surface area contributed by atoms with Crippen LogP contribution in [0.15, 0.2) is 34.8 Å². The molecule has 9 heteroatoms. The van der Waals surface area contributed by atoms with Gasteiger partial charge < -0.3 is 25.3 Å². The van der Waals surface area contributed by atoms with E-state index in [1.54, 1.807) is 12.1 Å². The topological polar surface area (TPSA) is 99.9 Å². The van der Waals surface area contributed by atoms with Crippen LogP contribution in [-0.2, 0) is 9.53 Å². The Bertz CT molecular complexity index is 874. The summed E-state index contributed by atoms with van der Waals surface area (Å²) < 4.78 is 16.5. The number of anilines is 2. The molecule has 0 aliphatic carbocycles. The van der Waals surface area contributed by atoms with Gasteiger partial charge in [0.2, 0.25) is 0 Å². The summed E-state index contributed by atoms with van der Waals surface area (Å²) >= 11 is 9.15. The number of nitrogens with one attached hydrogen (secondary N) is 1. The fourth-order valence-corrected chi connectivity index (χ4v) is 2.77. The number of benzene rings is 2. The fraction of sp³-hybridized carbons (Fsp3) is 0.176. The minimum absolute atomic E-state index is 0.209. The van der Waals surface area contributed by atoms with E-state index in [1.165, 1.54) is 18.2 Å². The molecule has 0 spiro atoms. The molecular formula is C17H14BrClN2O5. The Morgan fingerprint density at radius 1 is 1.19 bits per heavy atom. The Morgan fingerprint density at radius 2 is 1.88 bits per heavy atom. The van der Waals surface area contributed by atoms with Gasteiger partial charge in [-0.1, -0.05) is 11.6 Å². The van der Waals surface area contributed by atoms with E-state index in [-0.39, 0.29) is 11.3 Å². The second-order valence-electron chi connectivity index (χ2n) is 5.34. The monoisotopic (exact) mass is 440 g/mol. The molecular weight excluding hydrogens is 428 g/mol. The largest absolute Gasteiger partial charge is 0.486 e. The van der Waals surface area contributed by atoms with Gasteiger partial charge >= 0.3 is 5.97 Å². The van der Waals surface area contributed by atoms with Crippen molar-refractivity contribution in [1.82, 2.24) is 0 Å². The summed E-state index contributed by atoms with van der Waals surface area (Å²) in [5.74, 6) is -0.0568. The molecule has 0 aromatic heterocycles. The molecule has 0 saturated heterocycles. The van der Waals surface area contributed by atoms with Gasteiger partial charge in [0, 0.05) is 16.6 Å². The van der Waals surface area contributed by atoms with Crippen molar-refractivity contribution in [2.45, 2.75) is 0 Å². The number of hydrogen-bond donors (Lipinski definition) is 2. The van der Waals surface area contributed by atoms with E-state index in [0.717, 1.165) is 0 Å². The average Bonchev–Trinajstić information content (AvgIpc) is 2.62. The molecule has 3 N–H and O–H groups in total. The number of amides is 1. The van der Waals surface area contributed by atoms with Crippen LogP contribution in [0.25, 0.3) is 0 Å². The van der Waals surface area contributed by atoms with E-state index in [0.29, 0.717) is 39.9 Å². The minimum atomic E-state index is -0.676. The number of fused-ring (bicyclic) bond motifs is 1.